The van der Waals surface area contributed by atoms with Crippen molar-refractivity contribution in [1.82, 2.24) is 10.3 Å². The molecule has 0 saturated heterocycles. The first-order valence-corrected chi connectivity index (χ1v) is 5.72. The molecule has 0 aliphatic carbocycles. The Morgan fingerprint density at radius 2 is 2.28 bits per heavy atom. The molecule has 1 aromatic rings. The van der Waals surface area contributed by atoms with Gasteiger partial charge in [-0.1, -0.05) is 11.6 Å². The Morgan fingerprint density at radius 1 is 1.61 bits per heavy atom. The van der Waals surface area contributed by atoms with Crippen molar-refractivity contribution < 1.29 is 14.3 Å². The van der Waals surface area contributed by atoms with E-state index in [-0.39, 0.29) is 17.3 Å². The number of ether oxygens (including phenoxy) is 1. The topological polar surface area (TPSA) is 94.3 Å². The Labute approximate surface area is 109 Å². The van der Waals surface area contributed by atoms with E-state index >= 15 is 0 Å². The van der Waals surface area contributed by atoms with E-state index in [1.54, 1.807) is 6.92 Å². The highest BCUT2D eigenvalue weighted by Gasteiger charge is 2.19. The van der Waals surface area contributed by atoms with Gasteiger partial charge in [-0.15, -0.1) is 0 Å². The minimum Gasteiger partial charge on any atom is -0.464 e. The minimum absolute atomic E-state index is 0.0257. The number of anilines is 1. The average molecular weight is 272 g/mol. The van der Waals surface area contributed by atoms with Gasteiger partial charge < -0.3 is 15.8 Å². The maximum absolute atomic E-state index is 11.8. The molecule has 1 atom stereocenters. The highest BCUT2D eigenvalue weighted by atomic mass is 35.5. The average Bonchev–Trinajstić information content (AvgIpc) is 2.32. The second kappa shape index (κ2) is 6.20. The van der Waals surface area contributed by atoms with Crippen molar-refractivity contribution in [3.63, 3.8) is 0 Å². The lowest BCUT2D eigenvalue weighted by molar-refractivity contribution is -0.144. The number of nitrogens with one attached hydrogen (secondary N) is 1. The van der Waals surface area contributed by atoms with Crippen molar-refractivity contribution in [3.8, 4) is 0 Å². The fraction of sp³-hybridized carbons (Fsp3) is 0.364. The summed E-state index contributed by atoms with van der Waals surface area (Å²) in [7, 11) is 0. The molecule has 0 aliphatic rings. The highest BCUT2D eigenvalue weighted by molar-refractivity contribution is 6.32. The van der Waals surface area contributed by atoms with Crippen LogP contribution in [0.25, 0.3) is 0 Å². The lowest BCUT2D eigenvalue weighted by Crippen LogP contribution is -2.39. The Morgan fingerprint density at radius 3 is 2.89 bits per heavy atom. The maximum Gasteiger partial charge on any atom is 0.328 e. The molecular weight excluding hydrogens is 258 g/mol. The number of hydrogen-bond donors (Lipinski definition) is 2. The summed E-state index contributed by atoms with van der Waals surface area (Å²) in [6.45, 7) is 3.45. The number of rotatable bonds is 4. The first-order chi connectivity index (χ1) is 8.45. The summed E-state index contributed by atoms with van der Waals surface area (Å²) in [5.74, 6) is -1.04. The van der Waals surface area contributed by atoms with Crippen LogP contribution in [0.3, 0.4) is 0 Å². The van der Waals surface area contributed by atoms with Gasteiger partial charge in [-0.3, -0.25) is 4.79 Å². The predicted molar refractivity (Wildman–Crippen MR) is 67.2 cm³/mol. The number of hydrogen-bond acceptors (Lipinski definition) is 5. The zero-order chi connectivity index (χ0) is 13.7. The van der Waals surface area contributed by atoms with E-state index in [9.17, 15) is 9.59 Å². The number of carbonyl (C=O) groups excluding carboxylic acids is 2. The first kappa shape index (κ1) is 14.2. The van der Waals surface area contributed by atoms with Crippen molar-refractivity contribution in [2.24, 2.45) is 0 Å². The van der Waals surface area contributed by atoms with Crippen LogP contribution in [0, 0.1) is 0 Å². The number of halogens is 1. The molecular formula is C11H14ClN3O3. The molecule has 1 amide bonds. The van der Waals surface area contributed by atoms with Crippen molar-refractivity contribution in [2.45, 2.75) is 19.9 Å². The smallest absolute Gasteiger partial charge is 0.328 e. The molecule has 98 valence electrons. The molecule has 1 heterocycles. The molecule has 18 heavy (non-hydrogen) atoms. The number of amides is 1. The summed E-state index contributed by atoms with van der Waals surface area (Å²) in [5, 5.41) is 2.48. The van der Waals surface area contributed by atoms with Crippen LogP contribution in [0.2, 0.25) is 5.15 Å². The molecule has 6 nitrogen and oxygen atoms in total. The first-order valence-electron chi connectivity index (χ1n) is 5.34. The fourth-order valence-electron chi connectivity index (χ4n) is 1.22. The lowest BCUT2D eigenvalue weighted by atomic mass is 10.2. The van der Waals surface area contributed by atoms with E-state index in [1.807, 2.05) is 0 Å². The quantitative estimate of drug-likeness (QED) is 0.629. The summed E-state index contributed by atoms with van der Waals surface area (Å²) in [5.41, 5.74) is 5.94. The number of aromatic nitrogens is 1. The van der Waals surface area contributed by atoms with Crippen LogP contribution in [-0.2, 0) is 9.53 Å². The van der Waals surface area contributed by atoms with Crippen molar-refractivity contribution in [3.05, 3.63) is 23.0 Å². The van der Waals surface area contributed by atoms with Gasteiger partial charge in [0.05, 0.1) is 24.1 Å². The summed E-state index contributed by atoms with van der Waals surface area (Å²) < 4.78 is 4.77. The molecule has 0 aromatic carbocycles. The molecule has 0 spiro atoms. The number of carbonyl (C=O) groups is 2. The number of nitrogens with zero attached hydrogens (tertiary/aromatic N) is 1. The fourth-order valence-corrected chi connectivity index (χ4v) is 1.41. The predicted octanol–water partition coefficient (Wildman–Crippen LogP) is 0.999. The van der Waals surface area contributed by atoms with Gasteiger partial charge in [0.25, 0.3) is 5.91 Å². The van der Waals surface area contributed by atoms with Crippen LogP contribution >= 0.6 is 11.6 Å². The van der Waals surface area contributed by atoms with E-state index in [2.05, 4.69) is 10.3 Å². The Kier molecular flexibility index (Phi) is 4.91. The Hall–Kier alpha value is -1.82. The normalized spacial score (nSPS) is 11.7. The van der Waals surface area contributed by atoms with Gasteiger partial charge >= 0.3 is 5.97 Å². The third-order valence-electron chi connectivity index (χ3n) is 2.09. The zero-order valence-corrected chi connectivity index (χ0v) is 10.8. The molecule has 3 N–H and O–H groups in total. The van der Waals surface area contributed by atoms with Crippen LogP contribution in [-0.4, -0.2) is 29.5 Å². The molecule has 0 aliphatic heterocycles. The lowest BCUT2D eigenvalue weighted by Gasteiger charge is -2.13. The van der Waals surface area contributed by atoms with E-state index in [0.29, 0.717) is 5.69 Å². The minimum atomic E-state index is -0.769. The van der Waals surface area contributed by atoms with Crippen molar-refractivity contribution in [1.29, 1.82) is 0 Å². The number of nitrogens with two attached hydrogens (primary N) is 1. The molecule has 0 bridgehead atoms. The van der Waals surface area contributed by atoms with Crippen LogP contribution < -0.4 is 11.1 Å². The number of pyridine rings is 1. The number of nitrogen functional groups attached to an aromatic ring is 1. The van der Waals surface area contributed by atoms with Gasteiger partial charge in [-0.2, -0.15) is 0 Å². The second-order valence-electron chi connectivity index (χ2n) is 3.55. The summed E-state index contributed by atoms with van der Waals surface area (Å²) in [4.78, 5) is 26.9. The van der Waals surface area contributed by atoms with Gasteiger partial charge in [0.2, 0.25) is 0 Å². The molecule has 1 rings (SSSR count). The monoisotopic (exact) mass is 271 g/mol. The summed E-state index contributed by atoms with van der Waals surface area (Å²) >= 11 is 5.77. The third kappa shape index (κ3) is 3.59. The van der Waals surface area contributed by atoms with Gasteiger partial charge in [0.15, 0.2) is 0 Å². The van der Waals surface area contributed by atoms with Crippen LogP contribution in [0.4, 0.5) is 5.69 Å². The van der Waals surface area contributed by atoms with Crippen molar-refractivity contribution >= 4 is 29.2 Å². The van der Waals surface area contributed by atoms with Crippen LogP contribution in [0.5, 0.6) is 0 Å². The van der Waals surface area contributed by atoms with Gasteiger partial charge in [-0.25, -0.2) is 9.78 Å². The Balaban J connectivity index is 2.76. The van der Waals surface area contributed by atoms with Gasteiger partial charge in [0, 0.05) is 0 Å². The largest absolute Gasteiger partial charge is 0.464 e. The molecule has 0 fully saturated rings. The van der Waals surface area contributed by atoms with E-state index < -0.39 is 17.9 Å². The van der Waals surface area contributed by atoms with Crippen LogP contribution in [0.1, 0.15) is 24.2 Å². The van der Waals surface area contributed by atoms with Gasteiger partial charge in [-0.05, 0) is 19.9 Å². The highest BCUT2D eigenvalue weighted by Crippen LogP contribution is 2.15. The van der Waals surface area contributed by atoms with E-state index in [4.69, 9.17) is 22.1 Å². The number of esters is 1. The summed E-state index contributed by atoms with van der Waals surface area (Å²) in [6, 6.07) is 0.623. The second-order valence-corrected chi connectivity index (χ2v) is 3.91. The standard InChI is InChI=1S/C11H14ClN3O3/c1-3-18-11(17)6(2)15-10(16)8-4-7(13)5-14-9(8)12/h4-6H,3,13H2,1-2H3,(H,15,16). The van der Waals surface area contributed by atoms with E-state index in [0.717, 1.165) is 0 Å². The van der Waals surface area contributed by atoms with Gasteiger partial charge in [0.1, 0.15) is 11.2 Å². The zero-order valence-electron chi connectivity index (χ0n) is 10.1. The maximum atomic E-state index is 11.8. The molecule has 0 saturated carbocycles. The summed E-state index contributed by atoms with van der Waals surface area (Å²) in [6.07, 6.45) is 1.34. The van der Waals surface area contributed by atoms with Crippen LogP contribution in [0.15, 0.2) is 12.3 Å². The molecule has 1 unspecified atom stereocenters. The SMILES string of the molecule is CCOC(=O)C(C)NC(=O)c1cc(N)cnc1Cl. The molecule has 1 aromatic heterocycles. The van der Waals surface area contributed by atoms with Crippen molar-refractivity contribution in [2.75, 3.05) is 12.3 Å². The molecule has 7 heteroatoms. The molecule has 0 radical (unpaired) electrons. The Bertz CT molecular complexity index is 465. The van der Waals surface area contributed by atoms with E-state index in [1.165, 1.54) is 19.2 Å². The third-order valence-corrected chi connectivity index (χ3v) is 2.39.